The van der Waals surface area contributed by atoms with Gasteiger partial charge in [-0.05, 0) is 71.5 Å². The van der Waals surface area contributed by atoms with Gasteiger partial charge in [-0.3, -0.25) is 14.6 Å². The maximum Gasteiger partial charge on any atom is 0.252 e. The quantitative estimate of drug-likeness (QED) is 0.295. The number of aromatic nitrogens is 2. The van der Waals surface area contributed by atoms with Crippen molar-refractivity contribution >= 4 is 22.7 Å². The van der Waals surface area contributed by atoms with E-state index in [1.807, 2.05) is 65.7 Å². The summed E-state index contributed by atoms with van der Waals surface area (Å²) in [6, 6.07) is 23.4. The number of nitrogens with one attached hydrogen (secondary N) is 2. The predicted octanol–water partition coefficient (Wildman–Crippen LogP) is 5.58. The molecule has 0 saturated heterocycles. The minimum absolute atomic E-state index is 0.0721. The number of carbonyl (C=O) groups is 2. The van der Waals surface area contributed by atoms with Gasteiger partial charge in [0.25, 0.3) is 5.91 Å². The Hall–Kier alpha value is -5.11. The first-order valence-electron chi connectivity index (χ1n) is 14.2. The number of fused-ring (bicyclic) bond motifs is 7. The number of pyridine rings is 1. The molecule has 42 heavy (non-hydrogen) atoms. The highest BCUT2D eigenvalue weighted by atomic mass is 16.5. The van der Waals surface area contributed by atoms with Crippen molar-refractivity contribution < 1.29 is 19.1 Å². The van der Waals surface area contributed by atoms with Crippen molar-refractivity contribution in [3.63, 3.8) is 0 Å². The van der Waals surface area contributed by atoms with Gasteiger partial charge in [0, 0.05) is 36.4 Å². The Morgan fingerprint density at radius 2 is 1.90 bits per heavy atom. The number of H-pyrrole nitrogens is 1. The molecule has 5 heterocycles. The van der Waals surface area contributed by atoms with E-state index in [0.717, 1.165) is 38.9 Å². The number of amides is 2. The third kappa shape index (κ3) is 5.07. The van der Waals surface area contributed by atoms with Crippen LogP contribution >= 0.6 is 0 Å². The SMILES string of the molecule is O=C1NCCCOc2cccc(c2)C2c3ccc(cc3CCN2C(=O)Cc2c[nH]c3ccccc23)Oc2cncc1c2. The Kier molecular flexibility index (Phi) is 6.79. The smallest absolute Gasteiger partial charge is 0.252 e. The van der Waals surface area contributed by atoms with Crippen molar-refractivity contribution in [3.8, 4) is 17.2 Å². The Labute approximate surface area is 243 Å². The summed E-state index contributed by atoms with van der Waals surface area (Å²) in [6.07, 6.45) is 6.71. The van der Waals surface area contributed by atoms with E-state index >= 15 is 0 Å². The van der Waals surface area contributed by atoms with Crippen LogP contribution < -0.4 is 14.8 Å². The fourth-order valence-corrected chi connectivity index (χ4v) is 5.91. The van der Waals surface area contributed by atoms with E-state index < -0.39 is 0 Å². The average Bonchev–Trinajstić information content (AvgIpc) is 3.42. The minimum atomic E-state index is -0.271. The summed E-state index contributed by atoms with van der Waals surface area (Å²) < 4.78 is 12.2. The number of nitrogens with zero attached hydrogens (tertiary/aromatic N) is 2. The Morgan fingerprint density at radius 3 is 2.86 bits per heavy atom. The zero-order valence-electron chi connectivity index (χ0n) is 23.0. The highest BCUT2D eigenvalue weighted by molar-refractivity contribution is 5.94. The van der Waals surface area contributed by atoms with Crippen molar-refractivity contribution in [1.29, 1.82) is 0 Å². The van der Waals surface area contributed by atoms with Crippen molar-refractivity contribution in [1.82, 2.24) is 20.2 Å². The fourth-order valence-electron chi connectivity index (χ4n) is 5.91. The third-order valence-corrected chi connectivity index (χ3v) is 7.94. The summed E-state index contributed by atoms with van der Waals surface area (Å²) in [5.74, 6) is 1.74. The lowest BCUT2D eigenvalue weighted by molar-refractivity contribution is -0.132. The van der Waals surface area contributed by atoms with Gasteiger partial charge in [-0.1, -0.05) is 36.4 Å². The second-order valence-corrected chi connectivity index (χ2v) is 10.7. The number of carbonyl (C=O) groups excluding carboxylic acids is 2. The molecule has 2 N–H and O–H groups in total. The van der Waals surface area contributed by atoms with Crippen molar-refractivity contribution in [2.45, 2.75) is 25.3 Å². The van der Waals surface area contributed by atoms with Crippen LogP contribution in [0.15, 0.2) is 91.4 Å². The van der Waals surface area contributed by atoms with E-state index in [1.165, 1.54) is 6.20 Å². The van der Waals surface area contributed by atoms with E-state index in [1.54, 1.807) is 12.3 Å². The Morgan fingerprint density at radius 1 is 0.976 bits per heavy atom. The molecule has 210 valence electrons. The van der Waals surface area contributed by atoms with Crippen molar-refractivity contribution in [2.24, 2.45) is 0 Å². The summed E-state index contributed by atoms with van der Waals surface area (Å²) in [6.45, 7) is 1.48. The van der Waals surface area contributed by atoms with Gasteiger partial charge < -0.3 is 24.7 Å². The molecule has 3 aromatic carbocycles. The molecule has 0 fully saturated rings. The van der Waals surface area contributed by atoms with Gasteiger partial charge in [-0.15, -0.1) is 0 Å². The van der Waals surface area contributed by atoms with Gasteiger partial charge in [-0.2, -0.15) is 0 Å². The number of benzene rings is 3. The van der Waals surface area contributed by atoms with Crippen LogP contribution in [-0.2, 0) is 17.6 Å². The predicted molar refractivity (Wildman–Crippen MR) is 159 cm³/mol. The summed E-state index contributed by atoms with van der Waals surface area (Å²) in [5, 5.41) is 3.99. The highest BCUT2D eigenvalue weighted by Crippen LogP contribution is 2.39. The van der Waals surface area contributed by atoms with Crippen LogP contribution in [0, 0.1) is 0 Å². The zero-order valence-corrected chi connectivity index (χ0v) is 23.0. The second-order valence-electron chi connectivity index (χ2n) is 10.7. The molecule has 0 spiro atoms. The fraction of sp³-hybridized carbons (Fsp3) is 0.206. The molecule has 8 bridgehead atoms. The van der Waals surface area contributed by atoms with E-state index in [4.69, 9.17) is 9.47 Å². The third-order valence-electron chi connectivity index (χ3n) is 7.94. The molecule has 8 nitrogen and oxygen atoms in total. The lowest BCUT2D eigenvalue weighted by Crippen LogP contribution is -2.41. The van der Waals surface area contributed by atoms with E-state index in [2.05, 4.69) is 27.4 Å². The molecule has 2 aromatic heterocycles. The topological polar surface area (TPSA) is 96.6 Å². The summed E-state index contributed by atoms with van der Waals surface area (Å²) in [5.41, 5.74) is 5.61. The first kappa shape index (κ1) is 25.8. The second kappa shape index (κ2) is 11.0. The van der Waals surface area contributed by atoms with Crippen LogP contribution in [0.1, 0.15) is 45.1 Å². The van der Waals surface area contributed by atoms with Crippen molar-refractivity contribution in [2.75, 3.05) is 19.7 Å². The molecular formula is C34H30N4O4. The minimum Gasteiger partial charge on any atom is -0.494 e. The zero-order chi connectivity index (χ0) is 28.5. The molecular weight excluding hydrogens is 528 g/mol. The average molecular weight is 559 g/mol. The molecule has 1 unspecified atom stereocenters. The molecule has 2 amide bonds. The number of hydrogen-bond donors (Lipinski definition) is 2. The van der Waals surface area contributed by atoms with Crippen LogP contribution in [0.2, 0.25) is 0 Å². The molecule has 3 aliphatic rings. The van der Waals surface area contributed by atoms with Crippen LogP contribution in [0.25, 0.3) is 10.9 Å². The van der Waals surface area contributed by atoms with Crippen LogP contribution in [0.4, 0.5) is 0 Å². The largest absolute Gasteiger partial charge is 0.494 e. The van der Waals surface area contributed by atoms with E-state index in [-0.39, 0.29) is 17.9 Å². The maximum absolute atomic E-state index is 14.0. The van der Waals surface area contributed by atoms with Crippen LogP contribution in [-0.4, -0.2) is 46.4 Å². The van der Waals surface area contributed by atoms with E-state index in [9.17, 15) is 9.59 Å². The molecule has 8 rings (SSSR count). The highest BCUT2D eigenvalue weighted by Gasteiger charge is 2.33. The maximum atomic E-state index is 14.0. The van der Waals surface area contributed by atoms with Gasteiger partial charge in [0.2, 0.25) is 5.91 Å². The summed E-state index contributed by atoms with van der Waals surface area (Å²) in [4.78, 5) is 36.1. The lowest BCUT2D eigenvalue weighted by atomic mass is 9.87. The van der Waals surface area contributed by atoms with Gasteiger partial charge in [0.1, 0.15) is 17.2 Å². The molecule has 3 aliphatic heterocycles. The normalized spacial score (nSPS) is 16.6. The first-order valence-corrected chi connectivity index (χ1v) is 14.2. The first-order chi connectivity index (χ1) is 20.6. The Bertz CT molecular complexity index is 1800. The van der Waals surface area contributed by atoms with Crippen molar-refractivity contribution in [3.05, 3.63) is 119 Å². The molecule has 0 radical (unpaired) electrons. The van der Waals surface area contributed by atoms with Gasteiger partial charge in [-0.25, -0.2) is 0 Å². The monoisotopic (exact) mass is 558 g/mol. The summed E-state index contributed by atoms with van der Waals surface area (Å²) >= 11 is 0. The van der Waals surface area contributed by atoms with Gasteiger partial charge in [0.15, 0.2) is 0 Å². The summed E-state index contributed by atoms with van der Waals surface area (Å²) in [7, 11) is 0. The number of ether oxygens (including phenoxy) is 2. The molecule has 0 aliphatic carbocycles. The molecule has 5 aromatic rings. The van der Waals surface area contributed by atoms with Gasteiger partial charge >= 0.3 is 0 Å². The van der Waals surface area contributed by atoms with E-state index in [0.29, 0.717) is 56.0 Å². The number of aromatic amines is 1. The number of rotatable bonds is 2. The molecule has 8 heteroatoms. The van der Waals surface area contributed by atoms with Crippen LogP contribution in [0.3, 0.4) is 0 Å². The van der Waals surface area contributed by atoms with Gasteiger partial charge in [0.05, 0.1) is 30.8 Å². The lowest BCUT2D eigenvalue weighted by Gasteiger charge is -2.38. The van der Waals surface area contributed by atoms with Crippen LogP contribution in [0.5, 0.6) is 17.2 Å². The Balaban J connectivity index is 1.27. The number of para-hydroxylation sites is 1. The number of hydrogen-bond acceptors (Lipinski definition) is 5. The standard InChI is InChI=1S/C34H30N4O4/c39-32(18-24-20-37-31-8-2-1-7-29(24)31)38-13-11-22-15-27-9-10-30(22)33(38)23-5-3-6-26(16-23)41-14-4-12-36-34(40)25-17-28(42-27)21-35-19-25/h1-3,5-10,15-17,19-21,33,37H,4,11-14,18H2,(H,36,40). The molecule has 1 atom stereocenters. The molecule has 0 saturated carbocycles.